The molecular formula is C26H24ClFN4O3. The summed E-state index contributed by atoms with van der Waals surface area (Å²) in [6.45, 7) is 6.67. The van der Waals surface area contributed by atoms with Gasteiger partial charge >= 0.3 is 0 Å². The smallest absolute Gasteiger partial charge is 0.264 e. The van der Waals surface area contributed by atoms with Gasteiger partial charge in [0.05, 0.1) is 22.0 Å². The van der Waals surface area contributed by atoms with Gasteiger partial charge in [0.1, 0.15) is 23.8 Å². The fourth-order valence-electron chi connectivity index (χ4n) is 3.50. The van der Waals surface area contributed by atoms with Crippen molar-refractivity contribution in [1.82, 2.24) is 19.5 Å². The average Bonchev–Trinajstić information content (AvgIpc) is 2.82. The van der Waals surface area contributed by atoms with E-state index in [4.69, 9.17) is 16.3 Å². The summed E-state index contributed by atoms with van der Waals surface area (Å²) in [5, 5.41) is 10.6. The quantitative estimate of drug-likeness (QED) is 0.410. The van der Waals surface area contributed by atoms with Crippen LogP contribution in [0.15, 0.2) is 59.5 Å². The number of benzene rings is 2. The molecule has 9 heteroatoms. The molecule has 1 N–H and O–H groups in total. The van der Waals surface area contributed by atoms with Gasteiger partial charge in [0.25, 0.3) is 5.56 Å². The van der Waals surface area contributed by atoms with E-state index in [0.717, 1.165) is 5.56 Å². The molecular weight excluding hydrogens is 471 g/mol. The van der Waals surface area contributed by atoms with E-state index >= 15 is 0 Å². The summed E-state index contributed by atoms with van der Waals surface area (Å²) in [5.74, 6) is 0.526. The fourth-order valence-corrected chi connectivity index (χ4v) is 3.70. The normalized spacial score (nSPS) is 11.5. The van der Waals surface area contributed by atoms with Crippen molar-refractivity contribution in [1.29, 1.82) is 0 Å². The third-order valence-electron chi connectivity index (χ3n) is 5.41. The minimum absolute atomic E-state index is 0.143. The molecule has 2 aromatic carbocycles. The number of aryl methyl sites for hydroxylation is 1. The number of aliphatic hydroxyl groups is 1. The molecule has 0 unspecified atom stereocenters. The standard InChI is InChI=1S/C26H24ClFN4O3/c1-15-23(35-14-17-5-8-19(28)9-6-17)30-16(2)32(24(15)33)22-13-18(7-10-20(22)27)21-11-12-29-25(31-21)26(3,4)34/h5-13,34H,14H2,1-4H3. The van der Waals surface area contributed by atoms with Crippen molar-refractivity contribution in [3.05, 3.63) is 98.7 Å². The number of nitrogens with zero attached hydrogens (tertiary/aromatic N) is 4. The topological polar surface area (TPSA) is 90.1 Å². The van der Waals surface area contributed by atoms with Gasteiger partial charge in [-0.3, -0.25) is 9.36 Å². The summed E-state index contributed by atoms with van der Waals surface area (Å²) in [4.78, 5) is 26.4. The number of hydrogen-bond acceptors (Lipinski definition) is 6. The number of hydrogen-bond donors (Lipinski definition) is 1. The third-order valence-corrected chi connectivity index (χ3v) is 5.73. The van der Waals surface area contributed by atoms with E-state index in [-0.39, 0.29) is 29.7 Å². The molecule has 0 saturated heterocycles. The first-order chi connectivity index (χ1) is 16.5. The van der Waals surface area contributed by atoms with Crippen LogP contribution in [-0.4, -0.2) is 24.6 Å². The lowest BCUT2D eigenvalue weighted by Crippen LogP contribution is -2.25. The van der Waals surface area contributed by atoms with Crippen LogP contribution in [0.2, 0.25) is 5.02 Å². The van der Waals surface area contributed by atoms with E-state index in [2.05, 4.69) is 15.0 Å². The van der Waals surface area contributed by atoms with E-state index in [1.165, 1.54) is 16.7 Å². The van der Waals surface area contributed by atoms with Crippen LogP contribution in [0.4, 0.5) is 4.39 Å². The van der Waals surface area contributed by atoms with E-state index in [0.29, 0.717) is 33.4 Å². The minimum atomic E-state index is -1.20. The van der Waals surface area contributed by atoms with Crippen molar-refractivity contribution in [2.45, 2.75) is 39.9 Å². The highest BCUT2D eigenvalue weighted by molar-refractivity contribution is 6.32. The number of aromatic nitrogens is 4. The van der Waals surface area contributed by atoms with E-state index in [1.54, 1.807) is 70.3 Å². The van der Waals surface area contributed by atoms with Gasteiger partial charge in [-0.1, -0.05) is 29.8 Å². The van der Waals surface area contributed by atoms with Crippen LogP contribution in [0.3, 0.4) is 0 Å². The molecule has 0 radical (unpaired) electrons. The van der Waals surface area contributed by atoms with Crippen LogP contribution in [0.5, 0.6) is 5.88 Å². The lowest BCUT2D eigenvalue weighted by Gasteiger charge is -2.17. The Hall–Kier alpha value is -3.62. The Kier molecular flexibility index (Phi) is 6.69. The van der Waals surface area contributed by atoms with Crippen molar-refractivity contribution in [2.75, 3.05) is 0 Å². The van der Waals surface area contributed by atoms with E-state index in [9.17, 15) is 14.3 Å². The Morgan fingerprint density at radius 1 is 1.09 bits per heavy atom. The van der Waals surface area contributed by atoms with Gasteiger partial charge in [0.15, 0.2) is 5.82 Å². The molecule has 0 aliphatic carbocycles. The first-order valence-corrected chi connectivity index (χ1v) is 11.3. The Morgan fingerprint density at radius 3 is 2.49 bits per heavy atom. The Balaban J connectivity index is 1.72. The second kappa shape index (κ2) is 9.56. The average molecular weight is 495 g/mol. The maximum Gasteiger partial charge on any atom is 0.264 e. The highest BCUT2D eigenvalue weighted by Crippen LogP contribution is 2.28. The van der Waals surface area contributed by atoms with Crippen molar-refractivity contribution in [2.24, 2.45) is 0 Å². The molecule has 0 bridgehead atoms. The first kappa shape index (κ1) is 24.5. The lowest BCUT2D eigenvalue weighted by atomic mass is 10.1. The summed E-state index contributed by atoms with van der Waals surface area (Å²) in [6, 6.07) is 12.8. The summed E-state index contributed by atoms with van der Waals surface area (Å²) in [6.07, 6.45) is 1.57. The molecule has 4 rings (SSSR count). The molecule has 0 aliphatic heterocycles. The number of ether oxygens (including phenoxy) is 1. The van der Waals surface area contributed by atoms with Crippen LogP contribution >= 0.6 is 11.6 Å². The maximum absolute atomic E-state index is 13.3. The number of halogens is 2. The van der Waals surface area contributed by atoms with Crippen LogP contribution < -0.4 is 10.3 Å². The monoisotopic (exact) mass is 494 g/mol. The first-order valence-electron chi connectivity index (χ1n) is 10.9. The molecule has 0 atom stereocenters. The highest BCUT2D eigenvalue weighted by Gasteiger charge is 2.21. The molecule has 35 heavy (non-hydrogen) atoms. The van der Waals surface area contributed by atoms with Crippen LogP contribution in [-0.2, 0) is 12.2 Å². The predicted octanol–water partition coefficient (Wildman–Crippen LogP) is 4.91. The fraction of sp³-hybridized carbons (Fsp3) is 0.231. The minimum Gasteiger partial charge on any atom is -0.472 e. The second-order valence-corrected chi connectivity index (χ2v) is 9.04. The molecule has 7 nitrogen and oxygen atoms in total. The molecule has 0 amide bonds. The summed E-state index contributed by atoms with van der Waals surface area (Å²) in [5.41, 5.74) is 1.23. The van der Waals surface area contributed by atoms with E-state index < -0.39 is 5.60 Å². The van der Waals surface area contributed by atoms with Gasteiger partial charge in [-0.2, -0.15) is 4.98 Å². The molecule has 180 valence electrons. The second-order valence-electron chi connectivity index (χ2n) is 8.64. The summed E-state index contributed by atoms with van der Waals surface area (Å²) < 4.78 is 20.3. The molecule has 2 heterocycles. The molecule has 4 aromatic rings. The zero-order valence-electron chi connectivity index (χ0n) is 19.7. The summed E-state index contributed by atoms with van der Waals surface area (Å²) in [7, 11) is 0. The predicted molar refractivity (Wildman–Crippen MR) is 131 cm³/mol. The Morgan fingerprint density at radius 2 is 1.80 bits per heavy atom. The summed E-state index contributed by atoms with van der Waals surface area (Å²) >= 11 is 6.49. The SMILES string of the molecule is Cc1c(OCc2ccc(F)cc2)nc(C)n(-c2cc(-c3ccnc(C(C)(C)O)n3)ccc2Cl)c1=O. The molecule has 2 aromatic heterocycles. The van der Waals surface area contributed by atoms with Gasteiger partial charge in [-0.05, 0) is 63.6 Å². The van der Waals surface area contributed by atoms with Crippen molar-refractivity contribution in [3.8, 4) is 22.8 Å². The van der Waals surface area contributed by atoms with Crippen molar-refractivity contribution >= 4 is 11.6 Å². The van der Waals surface area contributed by atoms with Crippen LogP contribution in [0.1, 0.15) is 36.6 Å². The van der Waals surface area contributed by atoms with Crippen molar-refractivity contribution in [3.63, 3.8) is 0 Å². The number of rotatable bonds is 6. The van der Waals surface area contributed by atoms with Gasteiger partial charge in [-0.15, -0.1) is 0 Å². The maximum atomic E-state index is 13.3. The Bertz CT molecular complexity index is 1450. The van der Waals surface area contributed by atoms with E-state index in [1.807, 2.05) is 0 Å². The van der Waals surface area contributed by atoms with Gasteiger partial charge in [0.2, 0.25) is 5.88 Å². The molecule has 0 fully saturated rings. The van der Waals surface area contributed by atoms with Gasteiger partial charge < -0.3 is 9.84 Å². The molecule has 0 aliphatic rings. The molecule has 0 spiro atoms. The zero-order valence-corrected chi connectivity index (χ0v) is 20.5. The Labute approximate surface area is 206 Å². The van der Waals surface area contributed by atoms with Crippen LogP contribution in [0.25, 0.3) is 16.9 Å². The van der Waals surface area contributed by atoms with Crippen molar-refractivity contribution < 1.29 is 14.2 Å². The largest absolute Gasteiger partial charge is 0.472 e. The van der Waals surface area contributed by atoms with Gasteiger partial charge in [0, 0.05) is 11.8 Å². The highest BCUT2D eigenvalue weighted by atomic mass is 35.5. The zero-order chi connectivity index (χ0) is 25.3. The third kappa shape index (κ3) is 5.23. The van der Waals surface area contributed by atoms with Gasteiger partial charge in [-0.25, -0.2) is 14.4 Å². The lowest BCUT2D eigenvalue weighted by molar-refractivity contribution is 0.0688. The molecule has 0 saturated carbocycles. The van der Waals surface area contributed by atoms with Crippen LogP contribution in [0, 0.1) is 19.7 Å².